The predicted octanol–water partition coefficient (Wildman–Crippen LogP) is 2.81. The molecule has 0 saturated carbocycles. The zero-order chi connectivity index (χ0) is 13.0. The second kappa shape index (κ2) is 6.57. The van der Waals surface area contributed by atoms with Gasteiger partial charge in [0.25, 0.3) is 0 Å². The van der Waals surface area contributed by atoms with Crippen LogP contribution >= 0.6 is 11.8 Å². The molecule has 2 unspecified atom stereocenters. The summed E-state index contributed by atoms with van der Waals surface area (Å²) in [5, 5.41) is 7.92. The van der Waals surface area contributed by atoms with Gasteiger partial charge < -0.3 is 9.84 Å². The molecule has 2 rings (SSSR count). The van der Waals surface area contributed by atoms with Crippen LogP contribution in [-0.2, 0) is 6.42 Å². The Morgan fingerprint density at radius 1 is 1.50 bits per heavy atom. The van der Waals surface area contributed by atoms with Gasteiger partial charge in [0.1, 0.15) is 0 Å². The summed E-state index contributed by atoms with van der Waals surface area (Å²) in [4.78, 5) is 4.55. The number of aromatic nitrogens is 2. The first-order valence-electron chi connectivity index (χ1n) is 6.80. The van der Waals surface area contributed by atoms with Gasteiger partial charge in [0.2, 0.25) is 5.89 Å². The van der Waals surface area contributed by atoms with Gasteiger partial charge in [-0.3, -0.25) is 0 Å². The van der Waals surface area contributed by atoms with Gasteiger partial charge in [0, 0.05) is 12.5 Å². The molecule has 1 fully saturated rings. The Bertz CT molecular complexity index is 361. The Balaban J connectivity index is 1.92. The summed E-state index contributed by atoms with van der Waals surface area (Å²) in [5.74, 6) is 3.57. The molecule has 0 amide bonds. The minimum Gasteiger partial charge on any atom is -0.339 e. The highest BCUT2D eigenvalue weighted by Gasteiger charge is 2.23. The minimum atomic E-state index is 0.425. The molecular weight excluding hydrogens is 246 g/mol. The van der Waals surface area contributed by atoms with Crippen molar-refractivity contribution in [2.45, 2.75) is 50.8 Å². The Morgan fingerprint density at radius 3 is 2.94 bits per heavy atom. The third kappa shape index (κ3) is 3.72. The predicted molar refractivity (Wildman–Crippen MR) is 74.7 cm³/mol. The number of thioether (sulfide) groups is 1. The van der Waals surface area contributed by atoms with Gasteiger partial charge in [-0.05, 0) is 38.0 Å². The fraction of sp³-hybridized carbons (Fsp3) is 0.846. The van der Waals surface area contributed by atoms with Crippen molar-refractivity contribution >= 4 is 11.8 Å². The highest BCUT2D eigenvalue weighted by atomic mass is 32.2. The lowest BCUT2D eigenvalue weighted by molar-refractivity contribution is 0.342. The van der Waals surface area contributed by atoms with Crippen LogP contribution in [0.1, 0.15) is 50.1 Å². The lowest BCUT2D eigenvalue weighted by atomic mass is 10.0. The Hall–Kier alpha value is -0.550. The van der Waals surface area contributed by atoms with Crippen LogP contribution in [0.15, 0.2) is 4.52 Å². The van der Waals surface area contributed by atoms with E-state index >= 15 is 0 Å². The number of likely N-dealkylation sites (N-methyl/N-ethyl adjacent to an activating group) is 1. The molecule has 102 valence electrons. The number of nitrogens with one attached hydrogen (secondary N) is 1. The first-order chi connectivity index (χ1) is 8.69. The maximum absolute atomic E-state index is 5.38. The van der Waals surface area contributed by atoms with E-state index in [1.54, 1.807) is 0 Å². The molecule has 2 atom stereocenters. The molecular formula is C13H23N3OS. The molecule has 5 heteroatoms. The van der Waals surface area contributed by atoms with Crippen LogP contribution in [0.4, 0.5) is 0 Å². The van der Waals surface area contributed by atoms with Crippen molar-refractivity contribution in [3.63, 3.8) is 0 Å². The Kier molecular flexibility index (Phi) is 5.06. The van der Waals surface area contributed by atoms with Gasteiger partial charge in [0.15, 0.2) is 5.82 Å². The second-order valence-electron chi connectivity index (χ2n) is 5.37. The van der Waals surface area contributed by atoms with Crippen molar-refractivity contribution in [1.29, 1.82) is 0 Å². The molecule has 2 heterocycles. The number of rotatable bonds is 6. The zero-order valence-electron chi connectivity index (χ0n) is 11.5. The standard InChI is InChI=1S/C13H23N3OS/c1-9(2)7-10(14-3)8-12-15-13(16-17-12)11-5-4-6-18-11/h9-11,14H,4-8H2,1-3H3. The molecule has 1 aliphatic heterocycles. The Morgan fingerprint density at radius 2 is 2.33 bits per heavy atom. The molecule has 0 radical (unpaired) electrons. The van der Waals surface area contributed by atoms with Crippen LogP contribution in [0.2, 0.25) is 0 Å². The van der Waals surface area contributed by atoms with Crippen LogP contribution in [0.5, 0.6) is 0 Å². The molecule has 0 aromatic carbocycles. The summed E-state index contributed by atoms with van der Waals surface area (Å²) in [5.41, 5.74) is 0. The third-order valence-electron chi connectivity index (χ3n) is 3.29. The molecule has 18 heavy (non-hydrogen) atoms. The summed E-state index contributed by atoms with van der Waals surface area (Å²) in [6.07, 6.45) is 4.42. The fourth-order valence-electron chi connectivity index (χ4n) is 2.35. The van der Waals surface area contributed by atoms with Gasteiger partial charge >= 0.3 is 0 Å². The largest absolute Gasteiger partial charge is 0.339 e. The average molecular weight is 269 g/mol. The highest BCUT2D eigenvalue weighted by Crippen LogP contribution is 2.38. The fourth-order valence-corrected chi connectivity index (χ4v) is 3.54. The molecule has 0 spiro atoms. The van der Waals surface area contributed by atoms with Crippen LogP contribution in [-0.4, -0.2) is 29.0 Å². The van der Waals surface area contributed by atoms with Gasteiger partial charge in [-0.1, -0.05) is 19.0 Å². The number of hydrogen-bond donors (Lipinski definition) is 1. The molecule has 0 aliphatic carbocycles. The first-order valence-corrected chi connectivity index (χ1v) is 7.85. The summed E-state index contributed by atoms with van der Waals surface area (Å²) in [6, 6.07) is 0.425. The van der Waals surface area contributed by atoms with E-state index in [2.05, 4.69) is 29.3 Å². The summed E-state index contributed by atoms with van der Waals surface area (Å²) < 4.78 is 5.38. The molecule has 1 saturated heterocycles. The lowest BCUT2D eigenvalue weighted by Gasteiger charge is -2.15. The van der Waals surface area contributed by atoms with Crippen LogP contribution < -0.4 is 5.32 Å². The van der Waals surface area contributed by atoms with Crippen molar-refractivity contribution < 1.29 is 4.52 Å². The van der Waals surface area contributed by atoms with E-state index in [1.807, 2.05) is 18.8 Å². The quantitative estimate of drug-likeness (QED) is 0.860. The second-order valence-corrected chi connectivity index (χ2v) is 6.68. The van der Waals surface area contributed by atoms with E-state index in [0.717, 1.165) is 24.6 Å². The topological polar surface area (TPSA) is 51.0 Å². The summed E-state index contributed by atoms with van der Waals surface area (Å²) in [6.45, 7) is 4.47. The van der Waals surface area contributed by atoms with Crippen molar-refractivity contribution in [3.8, 4) is 0 Å². The SMILES string of the molecule is CNC(Cc1nc(C2CCCS2)no1)CC(C)C. The molecule has 1 aliphatic rings. The van der Waals surface area contributed by atoms with Gasteiger partial charge in [0.05, 0.1) is 5.25 Å². The normalized spacial score (nSPS) is 21.7. The van der Waals surface area contributed by atoms with E-state index in [9.17, 15) is 0 Å². The summed E-state index contributed by atoms with van der Waals surface area (Å²) in [7, 11) is 2.00. The third-order valence-corrected chi connectivity index (χ3v) is 4.66. The van der Waals surface area contributed by atoms with E-state index < -0.39 is 0 Å². The average Bonchev–Trinajstić information content (AvgIpc) is 2.97. The maximum Gasteiger partial charge on any atom is 0.228 e. The van der Waals surface area contributed by atoms with Gasteiger partial charge in [-0.2, -0.15) is 16.7 Å². The Labute approximate surface area is 113 Å². The monoisotopic (exact) mass is 269 g/mol. The first kappa shape index (κ1) is 13.9. The zero-order valence-corrected chi connectivity index (χ0v) is 12.3. The van der Waals surface area contributed by atoms with Gasteiger partial charge in [-0.25, -0.2) is 0 Å². The van der Waals surface area contributed by atoms with E-state index in [4.69, 9.17) is 4.52 Å². The van der Waals surface area contributed by atoms with Crippen molar-refractivity contribution in [3.05, 3.63) is 11.7 Å². The molecule has 1 aromatic heterocycles. The van der Waals surface area contributed by atoms with Crippen LogP contribution in [0.25, 0.3) is 0 Å². The smallest absolute Gasteiger partial charge is 0.228 e. The van der Waals surface area contributed by atoms with Crippen molar-refractivity contribution in [2.24, 2.45) is 5.92 Å². The van der Waals surface area contributed by atoms with Crippen molar-refractivity contribution in [2.75, 3.05) is 12.8 Å². The summed E-state index contributed by atoms with van der Waals surface area (Å²) >= 11 is 1.94. The van der Waals surface area contributed by atoms with Gasteiger partial charge in [-0.15, -0.1) is 0 Å². The lowest BCUT2D eigenvalue weighted by Crippen LogP contribution is -2.29. The maximum atomic E-state index is 5.38. The minimum absolute atomic E-state index is 0.425. The van der Waals surface area contributed by atoms with Crippen LogP contribution in [0.3, 0.4) is 0 Å². The van der Waals surface area contributed by atoms with E-state index in [0.29, 0.717) is 17.2 Å². The van der Waals surface area contributed by atoms with E-state index in [-0.39, 0.29) is 0 Å². The molecule has 4 nitrogen and oxygen atoms in total. The van der Waals surface area contributed by atoms with E-state index in [1.165, 1.54) is 18.6 Å². The molecule has 0 bridgehead atoms. The van der Waals surface area contributed by atoms with Crippen molar-refractivity contribution in [1.82, 2.24) is 15.5 Å². The number of hydrogen-bond acceptors (Lipinski definition) is 5. The highest BCUT2D eigenvalue weighted by molar-refractivity contribution is 7.99. The van der Waals surface area contributed by atoms with Crippen LogP contribution in [0, 0.1) is 5.92 Å². The molecule has 1 aromatic rings. The molecule has 1 N–H and O–H groups in total. The number of nitrogens with zero attached hydrogens (tertiary/aromatic N) is 2.